The first kappa shape index (κ1) is 11.6. The van der Waals surface area contributed by atoms with Crippen LogP contribution in [0.2, 0.25) is 0 Å². The molecule has 0 heterocycles. The molecule has 3 nitrogen and oxygen atoms in total. The van der Waals surface area contributed by atoms with E-state index in [0.29, 0.717) is 0 Å². The molecule has 0 amide bonds. The third-order valence-corrected chi connectivity index (χ3v) is 0.287. The van der Waals surface area contributed by atoms with Crippen LogP contribution in [0.3, 0.4) is 0 Å². The number of carbonyl (C=O) groups is 2. The molecule has 0 N–H and O–H groups in total. The number of carbonyl (C=O) groups excluding carboxylic acids is 2. The molecule has 0 aromatic heterocycles. The van der Waals surface area contributed by atoms with Crippen molar-refractivity contribution in [2.45, 2.75) is 13.8 Å². The maximum absolute atomic E-state index is 9.81. The zero-order valence-electron chi connectivity index (χ0n) is 5.22. The zero-order valence-corrected chi connectivity index (χ0v) is 8.35. The molecule has 0 aromatic carbocycles. The SMILES string of the molecule is CC(=O)OC(C)=O.[K+]. The van der Waals surface area contributed by atoms with E-state index >= 15 is 0 Å². The average Bonchev–Trinajstić information content (AvgIpc) is 1.27. The van der Waals surface area contributed by atoms with E-state index in [9.17, 15) is 9.59 Å². The molecule has 0 aliphatic rings. The monoisotopic (exact) mass is 141 g/mol. The Morgan fingerprint density at radius 2 is 1.38 bits per heavy atom. The van der Waals surface area contributed by atoms with Gasteiger partial charge in [0.15, 0.2) is 0 Å². The molecule has 0 saturated carbocycles. The van der Waals surface area contributed by atoms with Gasteiger partial charge in [-0.3, -0.25) is 9.59 Å². The maximum Gasteiger partial charge on any atom is 1.00 e. The first-order valence-corrected chi connectivity index (χ1v) is 1.82. The first-order chi connectivity index (χ1) is 3.13. The number of hydrogen-bond donors (Lipinski definition) is 0. The van der Waals surface area contributed by atoms with Gasteiger partial charge < -0.3 is 4.74 Å². The molecule has 0 radical (unpaired) electrons. The Hall–Kier alpha value is 0.776. The van der Waals surface area contributed by atoms with Crippen LogP contribution in [0.15, 0.2) is 0 Å². The van der Waals surface area contributed by atoms with Crippen molar-refractivity contribution in [3.63, 3.8) is 0 Å². The van der Waals surface area contributed by atoms with Gasteiger partial charge in [-0.15, -0.1) is 0 Å². The minimum absolute atomic E-state index is 0. The fraction of sp³-hybridized carbons (Fsp3) is 0.500. The van der Waals surface area contributed by atoms with E-state index in [-0.39, 0.29) is 51.4 Å². The normalized spacial score (nSPS) is 6.75. The predicted molar refractivity (Wildman–Crippen MR) is 22.4 cm³/mol. The van der Waals surface area contributed by atoms with E-state index in [4.69, 9.17) is 0 Å². The second kappa shape index (κ2) is 5.90. The fourth-order valence-electron chi connectivity index (χ4n) is 0.202. The van der Waals surface area contributed by atoms with Crippen LogP contribution < -0.4 is 51.4 Å². The van der Waals surface area contributed by atoms with Crippen molar-refractivity contribution in [3.8, 4) is 0 Å². The Kier molecular flexibility index (Phi) is 8.53. The Morgan fingerprint density at radius 3 is 1.38 bits per heavy atom. The minimum atomic E-state index is -0.562. The summed E-state index contributed by atoms with van der Waals surface area (Å²) in [5.74, 6) is -1.12. The molecule has 0 rings (SSSR count). The predicted octanol–water partition coefficient (Wildman–Crippen LogP) is -2.90. The number of hydrogen-bond acceptors (Lipinski definition) is 3. The fourth-order valence-corrected chi connectivity index (χ4v) is 0.202. The molecular weight excluding hydrogens is 135 g/mol. The molecule has 4 heteroatoms. The Labute approximate surface area is 90.2 Å². The molecule has 0 fully saturated rings. The van der Waals surface area contributed by atoms with E-state index in [1.807, 2.05) is 0 Å². The summed E-state index contributed by atoms with van der Waals surface area (Å²) < 4.78 is 3.97. The van der Waals surface area contributed by atoms with Crippen molar-refractivity contribution in [1.29, 1.82) is 0 Å². The Balaban J connectivity index is 0. The average molecular weight is 141 g/mol. The van der Waals surface area contributed by atoms with Gasteiger partial charge in [-0.05, 0) is 0 Å². The van der Waals surface area contributed by atoms with Crippen LogP contribution in [0.25, 0.3) is 0 Å². The minimum Gasteiger partial charge on any atom is -0.394 e. The van der Waals surface area contributed by atoms with E-state index in [1.54, 1.807) is 0 Å². The third kappa shape index (κ3) is 9.91. The molecule has 40 valence electrons. The second-order valence-electron chi connectivity index (χ2n) is 1.09. The maximum atomic E-state index is 9.81. The second-order valence-corrected chi connectivity index (χ2v) is 1.09. The van der Waals surface area contributed by atoms with Crippen LogP contribution in [0.1, 0.15) is 13.8 Å². The molecule has 0 saturated heterocycles. The first-order valence-electron chi connectivity index (χ1n) is 1.82. The molecule has 0 atom stereocenters. The molecule has 0 bridgehead atoms. The summed E-state index contributed by atoms with van der Waals surface area (Å²) in [6.45, 7) is 2.36. The molecule has 0 aromatic rings. The van der Waals surface area contributed by atoms with Crippen LogP contribution in [-0.2, 0) is 14.3 Å². The topological polar surface area (TPSA) is 43.4 Å². The molecule has 0 spiro atoms. The van der Waals surface area contributed by atoms with Gasteiger partial charge in [0.25, 0.3) is 0 Å². The van der Waals surface area contributed by atoms with Gasteiger partial charge in [0.2, 0.25) is 0 Å². The number of esters is 2. The van der Waals surface area contributed by atoms with Gasteiger partial charge in [-0.2, -0.15) is 0 Å². The number of ether oxygens (including phenoxy) is 1. The molecule has 8 heavy (non-hydrogen) atoms. The molecular formula is C4H6KO3+. The smallest absolute Gasteiger partial charge is 0.394 e. The third-order valence-electron chi connectivity index (χ3n) is 0.287. The summed E-state index contributed by atoms with van der Waals surface area (Å²) >= 11 is 0. The van der Waals surface area contributed by atoms with Crippen LogP contribution in [-0.4, -0.2) is 11.9 Å². The largest absolute Gasteiger partial charge is 1.00 e. The summed E-state index contributed by atoms with van der Waals surface area (Å²) in [5, 5.41) is 0. The van der Waals surface area contributed by atoms with E-state index in [0.717, 1.165) is 0 Å². The van der Waals surface area contributed by atoms with Gasteiger partial charge in [0.05, 0.1) is 0 Å². The van der Waals surface area contributed by atoms with Crippen LogP contribution >= 0.6 is 0 Å². The van der Waals surface area contributed by atoms with Crippen molar-refractivity contribution in [2.24, 2.45) is 0 Å². The molecule has 0 unspecified atom stereocenters. The quantitative estimate of drug-likeness (QED) is 0.206. The summed E-state index contributed by atoms with van der Waals surface area (Å²) in [7, 11) is 0. The summed E-state index contributed by atoms with van der Waals surface area (Å²) in [4.78, 5) is 19.6. The van der Waals surface area contributed by atoms with Gasteiger partial charge in [-0.25, -0.2) is 0 Å². The van der Waals surface area contributed by atoms with Gasteiger partial charge in [-0.1, -0.05) is 0 Å². The molecule has 0 aliphatic heterocycles. The summed E-state index contributed by atoms with van der Waals surface area (Å²) in [6, 6.07) is 0. The Bertz CT molecular complexity index is 87.5. The van der Waals surface area contributed by atoms with Crippen molar-refractivity contribution in [1.82, 2.24) is 0 Å². The van der Waals surface area contributed by atoms with Crippen molar-refractivity contribution < 1.29 is 65.7 Å². The van der Waals surface area contributed by atoms with Gasteiger partial charge in [0.1, 0.15) is 0 Å². The molecule has 0 aliphatic carbocycles. The number of rotatable bonds is 0. The zero-order chi connectivity index (χ0) is 5.86. The van der Waals surface area contributed by atoms with Crippen LogP contribution in [0.5, 0.6) is 0 Å². The van der Waals surface area contributed by atoms with Crippen molar-refractivity contribution in [3.05, 3.63) is 0 Å². The summed E-state index contributed by atoms with van der Waals surface area (Å²) in [5.41, 5.74) is 0. The van der Waals surface area contributed by atoms with E-state index in [2.05, 4.69) is 4.74 Å². The Morgan fingerprint density at radius 1 is 1.12 bits per heavy atom. The van der Waals surface area contributed by atoms with Crippen LogP contribution in [0.4, 0.5) is 0 Å². The van der Waals surface area contributed by atoms with Gasteiger partial charge in [0, 0.05) is 13.8 Å². The summed E-state index contributed by atoms with van der Waals surface area (Å²) in [6.07, 6.45) is 0. The van der Waals surface area contributed by atoms with E-state index in [1.165, 1.54) is 13.8 Å². The van der Waals surface area contributed by atoms with Crippen LogP contribution in [0, 0.1) is 0 Å². The standard InChI is InChI=1S/C4H6O3.K/c1-3(5)7-4(2)6;/h1-2H3;/q;+1. The van der Waals surface area contributed by atoms with E-state index < -0.39 is 11.9 Å². The van der Waals surface area contributed by atoms with Crippen molar-refractivity contribution >= 4 is 11.9 Å². The van der Waals surface area contributed by atoms with Gasteiger partial charge >= 0.3 is 63.3 Å². The van der Waals surface area contributed by atoms with Crippen molar-refractivity contribution in [2.75, 3.05) is 0 Å².